The van der Waals surface area contributed by atoms with Gasteiger partial charge in [0, 0.05) is 14.0 Å². The first-order chi connectivity index (χ1) is 6.20. The molecule has 0 saturated carbocycles. The molecule has 0 bridgehead atoms. The monoisotopic (exact) mass is 175 g/mol. The normalized spacial score (nSPS) is 10.6. The summed E-state index contributed by atoms with van der Waals surface area (Å²) in [4.78, 5) is 19.1. The molecule has 0 N–H and O–H groups in total. The minimum atomic E-state index is 0.0421. The predicted octanol–water partition coefficient (Wildman–Crippen LogP) is 1.17. The molecule has 2 rings (SSSR count). The minimum absolute atomic E-state index is 0.0421. The molecular formula is C9H9N3O. The second-order valence-corrected chi connectivity index (χ2v) is 2.94. The van der Waals surface area contributed by atoms with Crippen molar-refractivity contribution in [3.05, 3.63) is 24.3 Å². The number of ketones is 1. The largest absolute Gasteiger partial charge is 0.339 e. The third-order valence-corrected chi connectivity index (χ3v) is 2.08. The zero-order valence-electron chi connectivity index (χ0n) is 7.48. The van der Waals surface area contributed by atoms with Crippen molar-refractivity contribution in [3.8, 4) is 0 Å². The Kier molecular flexibility index (Phi) is 1.62. The molecule has 4 heteroatoms. The fourth-order valence-corrected chi connectivity index (χ4v) is 1.40. The van der Waals surface area contributed by atoms with Crippen LogP contribution in [0, 0.1) is 0 Å². The summed E-state index contributed by atoms with van der Waals surface area (Å²) in [5.41, 5.74) is 2.35. The molecule has 13 heavy (non-hydrogen) atoms. The second kappa shape index (κ2) is 2.65. The smallest absolute Gasteiger partial charge is 0.176 e. The van der Waals surface area contributed by atoms with E-state index in [0.29, 0.717) is 5.69 Å². The molecule has 2 aromatic heterocycles. The van der Waals surface area contributed by atoms with Crippen LogP contribution in [0.5, 0.6) is 0 Å². The van der Waals surface area contributed by atoms with E-state index >= 15 is 0 Å². The van der Waals surface area contributed by atoms with E-state index in [-0.39, 0.29) is 5.78 Å². The molecule has 0 aromatic carbocycles. The first kappa shape index (κ1) is 7.91. The number of hydrogen-bond acceptors (Lipinski definition) is 3. The van der Waals surface area contributed by atoms with Gasteiger partial charge in [-0.1, -0.05) is 0 Å². The Morgan fingerprint density at radius 1 is 1.54 bits per heavy atom. The van der Waals surface area contributed by atoms with E-state index in [1.165, 1.54) is 6.33 Å². The zero-order chi connectivity index (χ0) is 9.42. The third kappa shape index (κ3) is 1.11. The van der Waals surface area contributed by atoms with Gasteiger partial charge in [-0.25, -0.2) is 9.97 Å². The SMILES string of the molecule is CC(=O)c1cc2ncncc2n1C. The molecule has 0 unspecified atom stereocenters. The lowest BCUT2D eigenvalue weighted by Gasteiger charge is -1.97. The highest BCUT2D eigenvalue weighted by molar-refractivity contribution is 5.97. The van der Waals surface area contributed by atoms with Gasteiger partial charge in [-0.3, -0.25) is 4.79 Å². The van der Waals surface area contributed by atoms with Crippen LogP contribution in [0.2, 0.25) is 0 Å². The Balaban J connectivity index is 2.81. The van der Waals surface area contributed by atoms with Crippen molar-refractivity contribution in [2.75, 3.05) is 0 Å². The standard InChI is InChI=1S/C9H9N3O/c1-6(13)8-3-7-9(12(8)2)4-10-5-11-7/h3-5H,1-2H3. The Hall–Kier alpha value is -1.71. The van der Waals surface area contributed by atoms with Crippen molar-refractivity contribution in [1.29, 1.82) is 0 Å². The third-order valence-electron chi connectivity index (χ3n) is 2.08. The average Bonchev–Trinajstić information content (AvgIpc) is 2.45. The molecule has 0 aliphatic heterocycles. The number of carbonyl (C=O) groups is 1. The highest BCUT2D eigenvalue weighted by Crippen LogP contribution is 2.14. The van der Waals surface area contributed by atoms with E-state index in [2.05, 4.69) is 9.97 Å². The molecule has 0 atom stereocenters. The number of Topliss-reactive ketones (excluding diaryl/α,β-unsaturated/α-hetero) is 1. The Morgan fingerprint density at radius 3 is 2.92 bits per heavy atom. The van der Waals surface area contributed by atoms with Gasteiger partial charge in [0.2, 0.25) is 0 Å². The van der Waals surface area contributed by atoms with Crippen LogP contribution >= 0.6 is 0 Å². The van der Waals surface area contributed by atoms with Crippen molar-refractivity contribution < 1.29 is 4.79 Å². The molecule has 0 spiro atoms. The molecule has 2 aromatic rings. The van der Waals surface area contributed by atoms with Crippen molar-refractivity contribution in [1.82, 2.24) is 14.5 Å². The van der Waals surface area contributed by atoms with Gasteiger partial charge in [-0.05, 0) is 6.07 Å². The van der Waals surface area contributed by atoms with Crippen molar-refractivity contribution in [2.45, 2.75) is 6.92 Å². The lowest BCUT2D eigenvalue weighted by atomic mass is 10.3. The lowest BCUT2D eigenvalue weighted by Crippen LogP contribution is -2.00. The van der Waals surface area contributed by atoms with Crippen LogP contribution < -0.4 is 0 Å². The number of rotatable bonds is 1. The van der Waals surface area contributed by atoms with Gasteiger partial charge in [0.15, 0.2) is 5.78 Å². The zero-order valence-corrected chi connectivity index (χ0v) is 7.48. The van der Waals surface area contributed by atoms with Crippen LogP contribution in [0.25, 0.3) is 11.0 Å². The summed E-state index contributed by atoms with van der Waals surface area (Å²) in [5, 5.41) is 0. The number of fused-ring (bicyclic) bond motifs is 1. The van der Waals surface area contributed by atoms with Gasteiger partial charge in [-0.2, -0.15) is 0 Å². The number of hydrogen-bond donors (Lipinski definition) is 0. The van der Waals surface area contributed by atoms with Gasteiger partial charge in [-0.15, -0.1) is 0 Å². The highest BCUT2D eigenvalue weighted by atomic mass is 16.1. The minimum Gasteiger partial charge on any atom is -0.339 e. The van der Waals surface area contributed by atoms with Crippen molar-refractivity contribution in [3.63, 3.8) is 0 Å². The lowest BCUT2D eigenvalue weighted by molar-refractivity contribution is 0.101. The van der Waals surface area contributed by atoms with E-state index in [1.807, 2.05) is 7.05 Å². The maximum Gasteiger partial charge on any atom is 0.176 e. The molecule has 0 saturated heterocycles. The first-order valence-corrected chi connectivity index (χ1v) is 3.96. The fourth-order valence-electron chi connectivity index (χ4n) is 1.40. The summed E-state index contributed by atoms with van der Waals surface area (Å²) >= 11 is 0. The molecule has 0 amide bonds. The first-order valence-electron chi connectivity index (χ1n) is 3.96. The summed E-state index contributed by atoms with van der Waals surface area (Å²) in [6.07, 6.45) is 3.18. The van der Waals surface area contributed by atoms with Gasteiger partial charge in [0.25, 0.3) is 0 Å². The van der Waals surface area contributed by atoms with Crippen LogP contribution in [0.4, 0.5) is 0 Å². The molecular weight excluding hydrogens is 166 g/mol. The second-order valence-electron chi connectivity index (χ2n) is 2.94. The Labute approximate surface area is 75.2 Å². The predicted molar refractivity (Wildman–Crippen MR) is 48.5 cm³/mol. The maximum atomic E-state index is 11.2. The summed E-state index contributed by atoms with van der Waals surface area (Å²) < 4.78 is 1.80. The van der Waals surface area contributed by atoms with E-state index < -0.39 is 0 Å². The molecule has 4 nitrogen and oxygen atoms in total. The molecule has 0 fully saturated rings. The highest BCUT2D eigenvalue weighted by Gasteiger charge is 2.09. The van der Waals surface area contributed by atoms with Crippen molar-refractivity contribution >= 4 is 16.8 Å². The quantitative estimate of drug-likeness (QED) is 0.611. The molecule has 2 heterocycles. The number of aryl methyl sites for hydroxylation is 1. The van der Waals surface area contributed by atoms with E-state index in [4.69, 9.17) is 0 Å². The van der Waals surface area contributed by atoms with Gasteiger partial charge >= 0.3 is 0 Å². The maximum absolute atomic E-state index is 11.2. The Bertz CT molecular complexity index is 473. The van der Waals surface area contributed by atoms with E-state index in [1.54, 1.807) is 23.8 Å². The topological polar surface area (TPSA) is 47.8 Å². The van der Waals surface area contributed by atoms with Gasteiger partial charge in [0.05, 0.1) is 22.9 Å². The number of carbonyl (C=O) groups excluding carboxylic acids is 1. The van der Waals surface area contributed by atoms with Gasteiger partial charge < -0.3 is 4.57 Å². The van der Waals surface area contributed by atoms with Crippen LogP contribution in [0.1, 0.15) is 17.4 Å². The molecule has 0 radical (unpaired) electrons. The number of aromatic nitrogens is 3. The molecule has 0 aliphatic rings. The summed E-state index contributed by atoms with van der Waals surface area (Å²) in [5.74, 6) is 0.0421. The van der Waals surface area contributed by atoms with Crippen LogP contribution in [-0.2, 0) is 7.05 Å². The molecule has 0 aliphatic carbocycles. The molecule has 66 valence electrons. The van der Waals surface area contributed by atoms with Crippen molar-refractivity contribution in [2.24, 2.45) is 7.05 Å². The van der Waals surface area contributed by atoms with Crippen LogP contribution in [0.15, 0.2) is 18.6 Å². The average molecular weight is 175 g/mol. The fraction of sp³-hybridized carbons (Fsp3) is 0.222. The van der Waals surface area contributed by atoms with E-state index in [0.717, 1.165) is 11.0 Å². The summed E-state index contributed by atoms with van der Waals surface area (Å²) in [6, 6.07) is 1.78. The summed E-state index contributed by atoms with van der Waals surface area (Å²) in [6.45, 7) is 1.54. The Morgan fingerprint density at radius 2 is 2.31 bits per heavy atom. The number of nitrogens with zero attached hydrogens (tertiary/aromatic N) is 3. The van der Waals surface area contributed by atoms with Crippen LogP contribution in [0.3, 0.4) is 0 Å². The van der Waals surface area contributed by atoms with Crippen LogP contribution in [-0.4, -0.2) is 20.3 Å². The van der Waals surface area contributed by atoms with Gasteiger partial charge in [0.1, 0.15) is 6.33 Å². The summed E-state index contributed by atoms with van der Waals surface area (Å²) in [7, 11) is 1.84. The van der Waals surface area contributed by atoms with E-state index in [9.17, 15) is 4.79 Å².